The zero-order valence-electron chi connectivity index (χ0n) is 8.70. The van der Waals surface area contributed by atoms with E-state index >= 15 is 0 Å². The van der Waals surface area contributed by atoms with Crippen LogP contribution in [0.2, 0.25) is 0 Å². The zero-order valence-corrected chi connectivity index (χ0v) is 9.52. The lowest BCUT2D eigenvalue weighted by Crippen LogP contribution is -2.35. The maximum absolute atomic E-state index is 5.23. The maximum atomic E-state index is 5.23. The summed E-state index contributed by atoms with van der Waals surface area (Å²) in [5.74, 6) is -0.584. The van der Waals surface area contributed by atoms with Crippen LogP contribution in [0.3, 0.4) is 0 Å². The van der Waals surface area contributed by atoms with E-state index in [1.54, 1.807) is 26.7 Å². The zero-order chi connectivity index (χ0) is 10.3. The molecular weight excluding hydrogens is 188 g/mol. The first-order valence-corrected chi connectivity index (χ1v) is 4.65. The molecule has 3 nitrogen and oxygen atoms in total. The van der Waals surface area contributed by atoms with Gasteiger partial charge in [0, 0.05) is 34.2 Å². The molecule has 0 bridgehead atoms. The molecule has 1 atom stereocenters. The number of hydrogen-bond donors (Lipinski definition) is 0. The molecule has 0 saturated carbocycles. The van der Waals surface area contributed by atoms with Gasteiger partial charge in [-0.25, -0.2) is 0 Å². The van der Waals surface area contributed by atoms with E-state index in [1.165, 1.54) is 0 Å². The summed E-state index contributed by atoms with van der Waals surface area (Å²) in [6.45, 7) is 1.88. The van der Waals surface area contributed by atoms with Crippen LogP contribution >= 0.6 is 12.2 Å². The molecule has 0 aromatic heterocycles. The van der Waals surface area contributed by atoms with Crippen molar-refractivity contribution in [2.75, 3.05) is 21.3 Å². The Labute approximate surface area is 85.4 Å². The Kier molecular flexibility index (Phi) is 6.41. The average molecular weight is 206 g/mol. The molecule has 0 amide bonds. The smallest absolute Gasteiger partial charge is 0.167 e. The minimum atomic E-state index is -0.584. The second-order valence-electron chi connectivity index (χ2n) is 3.01. The molecule has 0 radical (unpaired) electrons. The van der Waals surface area contributed by atoms with Crippen LogP contribution in [0.1, 0.15) is 19.8 Å². The van der Waals surface area contributed by atoms with Crippen molar-refractivity contribution in [2.45, 2.75) is 31.7 Å². The normalized spacial score (nSPS) is 14.2. The Morgan fingerprint density at radius 2 is 1.85 bits per heavy atom. The van der Waals surface area contributed by atoms with E-state index in [1.807, 2.05) is 6.92 Å². The second-order valence-corrected chi connectivity index (χ2v) is 3.34. The summed E-state index contributed by atoms with van der Waals surface area (Å²) in [4.78, 5) is 0. The molecule has 0 fully saturated rings. The van der Waals surface area contributed by atoms with Crippen molar-refractivity contribution >= 4 is 17.6 Å². The van der Waals surface area contributed by atoms with Gasteiger partial charge >= 0.3 is 0 Å². The Balaban J connectivity index is 4.09. The van der Waals surface area contributed by atoms with Crippen molar-refractivity contribution in [1.82, 2.24) is 0 Å². The Morgan fingerprint density at radius 1 is 1.31 bits per heavy atom. The lowest BCUT2D eigenvalue weighted by molar-refractivity contribution is -0.210. The van der Waals surface area contributed by atoms with E-state index in [4.69, 9.17) is 26.4 Å². The summed E-state index contributed by atoms with van der Waals surface area (Å²) in [5, 5.41) is 1.67. The van der Waals surface area contributed by atoms with Crippen LogP contribution in [0.5, 0.6) is 0 Å². The maximum Gasteiger partial charge on any atom is 0.167 e. The molecule has 1 unspecified atom stereocenters. The van der Waals surface area contributed by atoms with Crippen LogP contribution in [-0.2, 0) is 14.2 Å². The molecule has 4 heteroatoms. The first-order chi connectivity index (χ1) is 6.11. The predicted molar refractivity (Wildman–Crippen MR) is 56.1 cm³/mol. The minimum absolute atomic E-state index is 0.0578. The van der Waals surface area contributed by atoms with Crippen LogP contribution < -0.4 is 0 Å². The lowest BCUT2D eigenvalue weighted by Gasteiger charge is -2.29. The SMILES string of the molecule is COC(CC=S)CC(C)(OC)OC. The van der Waals surface area contributed by atoms with Gasteiger partial charge in [0.2, 0.25) is 0 Å². The Bertz CT molecular complexity index is 146. The van der Waals surface area contributed by atoms with Crippen molar-refractivity contribution in [3.8, 4) is 0 Å². The molecule has 0 aromatic rings. The fraction of sp³-hybridized carbons (Fsp3) is 0.889. The molecule has 0 aliphatic heterocycles. The molecule has 78 valence electrons. The third kappa shape index (κ3) is 4.67. The van der Waals surface area contributed by atoms with Gasteiger partial charge in [-0.15, -0.1) is 0 Å². The average Bonchev–Trinajstić information content (AvgIpc) is 2.17. The quantitative estimate of drug-likeness (QED) is 0.469. The standard InChI is InChI=1S/C9H18O3S/c1-9(11-3,12-4)7-8(10-2)5-6-13/h6,8H,5,7H2,1-4H3. The molecule has 0 N–H and O–H groups in total. The van der Waals surface area contributed by atoms with Gasteiger partial charge in [0.25, 0.3) is 0 Å². The number of methoxy groups -OCH3 is 3. The van der Waals surface area contributed by atoms with E-state index in [0.29, 0.717) is 6.42 Å². The van der Waals surface area contributed by atoms with Crippen LogP contribution in [0, 0.1) is 0 Å². The molecule has 0 heterocycles. The molecule has 0 aliphatic carbocycles. The number of rotatable bonds is 7. The summed E-state index contributed by atoms with van der Waals surface area (Å²) < 4.78 is 15.7. The number of hydrogen-bond acceptors (Lipinski definition) is 4. The third-order valence-corrected chi connectivity index (χ3v) is 2.35. The van der Waals surface area contributed by atoms with E-state index in [0.717, 1.165) is 6.42 Å². The molecule has 0 aliphatic rings. The van der Waals surface area contributed by atoms with Crippen LogP contribution in [0.4, 0.5) is 0 Å². The van der Waals surface area contributed by atoms with Crippen LogP contribution in [-0.4, -0.2) is 38.6 Å². The molecular formula is C9H18O3S. The highest BCUT2D eigenvalue weighted by Crippen LogP contribution is 2.20. The minimum Gasteiger partial charge on any atom is -0.381 e. The fourth-order valence-electron chi connectivity index (χ4n) is 1.03. The number of ether oxygens (including phenoxy) is 3. The van der Waals surface area contributed by atoms with Gasteiger partial charge in [-0.2, -0.15) is 0 Å². The second kappa shape index (κ2) is 6.43. The van der Waals surface area contributed by atoms with E-state index in [-0.39, 0.29) is 6.10 Å². The molecule has 0 spiro atoms. The fourth-order valence-corrected chi connectivity index (χ4v) is 1.25. The monoisotopic (exact) mass is 206 g/mol. The topological polar surface area (TPSA) is 27.7 Å². The van der Waals surface area contributed by atoms with E-state index in [2.05, 4.69) is 0 Å². The summed E-state index contributed by atoms with van der Waals surface area (Å²) in [6.07, 6.45) is 1.46. The molecule has 0 aromatic carbocycles. The van der Waals surface area contributed by atoms with Gasteiger partial charge in [0.1, 0.15) is 0 Å². The summed E-state index contributed by atoms with van der Waals surface area (Å²) in [6, 6.07) is 0. The van der Waals surface area contributed by atoms with Gasteiger partial charge in [-0.3, -0.25) is 0 Å². The first kappa shape index (κ1) is 13.0. The third-order valence-electron chi connectivity index (χ3n) is 2.15. The highest BCUT2D eigenvalue weighted by molar-refractivity contribution is 7.78. The lowest BCUT2D eigenvalue weighted by atomic mass is 10.1. The summed E-state index contributed by atoms with van der Waals surface area (Å²) in [7, 11) is 4.90. The van der Waals surface area contributed by atoms with E-state index < -0.39 is 5.79 Å². The Hall–Kier alpha value is -0.0300. The van der Waals surface area contributed by atoms with Gasteiger partial charge in [0.05, 0.1) is 6.10 Å². The van der Waals surface area contributed by atoms with Crippen molar-refractivity contribution in [1.29, 1.82) is 0 Å². The highest BCUT2D eigenvalue weighted by atomic mass is 32.1. The molecule has 13 heavy (non-hydrogen) atoms. The number of thiocarbonyl (C=S) groups is 1. The Morgan fingerprint density at radius 3 is 2.15 bits per heavy atom. The van der Waals surface area contributed by atoms with E-state index in [9.17, 15) is 0 Å². The van der Waals surface area contributed by atoms with Crippen molar-refractivity contribution in [2.24, 2.45) is 0 Å². The van der Waals surface area contributed by atoms with Gasteiger partial charge in [-0.05, 0) is 12.3 Å². The van der Waals surface area contributed by atoms with Crippen molar-refractivity contribution < 1.29 is 14.2 Å². The predicted octanol–water partition coefficient (Wildman–Crippen LogP) is 1.79. The van der Waals surface area contributed by atoms with Crippen LogP contribution in [0.25, 0.3) is 0 Å². The van der Waals surface area contributed by atoms with Gasteiger partial charge in [-0.1, -0.05) is 12.2 Å². The highest BCUT2D eigenvalue weighted by Gasteiger charge is 2.26. The largest absolute Gasteiger partial charge is 0.381 e. The van der Waals surface area contributed by atoms with Crippen molar-refractivity contribution in [3.05, 3.63) is 0 Å². The van der Waals surface area contributed by atoms with Gasteiger partial charge < -0.3 is 14.2 Å². The molecule has 0 rings (SSSR count). The van der Waals surface area contributed by atoms with Gasteiger partial charge in [0.15, 0.2) is 5.79 Å². The summed E-state index contributed by atoms with van der Waals surface area (Å²) >= 11 is 4.77. The first-order valence-electron chi connectivity index (χ1n) is 4.18. The van der Waals surface area contributed by atoms with Crippen LogP contribution in [0.15, 0.2) is 0 Å². The molecule has 0 saturated heterocycles. The van der Waals surface area contributed by atoms with Crippen molar-refractivity contribution in [3.63, 3.8) is 0 Å². The summed E-state index contributed by atoms with van der Waals surface area (Å²) in [5.41, 5.74) is 0.